The third-order valence-electron chi connectivity index (χ3n) is 6.38. The number of hydrogen-bond acceptors (Lipinski definition) is 6. The van der Waals surface area contributed by atoms with Crippen LogP contribution < -0.4 is 10.2 Å². The maximum atomic E-state index is 9.70. The minimum atomic E-state index is -0.257. The Morgan fingerprint density at radius 1 is 1.16 bits per heavy atom. The molecule has 0 spiro atoms. The van der Waals surface area contributed by atoms with Crippen LogP contribution in [0, 0.1) is 11.8 Å². The second-order valence-corrected chi connectivity index (χ2v) is 9.81. The highest BCUT2D eigenvalue weighted by Crippen LogP contribution is 2.34. The van der Waals surface area contributed by atoms with E-state index >= 15 is 0 Å². The lowest BCUT2D eigenvalue weighted by molar-refractivity contribution is 0.0725. The first-order chi connectivity index (χ1) is 14.9. The highest BCUT2D eigenvalue weighted by Gasteiger charge is 2.36. The van der Waals surface area contributed by atoms with E-state index in [1.807, 2.05) is 32.2 Å². The van der Waals surface area contributed by atoms with Crippen LogP contribution in [-0.4, -0.2) is 58.8 Å². The molecule has 0 saturated carbocycles. The lowest BCUT2D eigenvalue weighted by atomic mass is 9.80. The van der Waals surface area contributed by atoms with Gasteiger partial charge in [0.05, 0.1) is 24.5 Å². The van der Waals surface area contributed by atoms with Crippen molar-refractivity contribution >= 4 is 34.8 Å². The molecule has 3 unspecified atom stereocenters. The van der Waals surface area contributed by atoms with Crippen molar-refractivity contribution in [2.75, 3.05) is 42.9 Å². The highest BCUT2D eigenvalue weighted by molar-refractivity contribution is 6.35. The number of hydrogen-bond donors (Lipinski definition) is 2. The van der Waals surface area contributed by atoms with Gasteiger partial charge in [-0.25, -0.2) is 4.98 Å². The van der Waals surface area contributed by atoms with Crippen molar-refractivity contribution in [3.63, 3.8) is 0 Å². The Morgan fingerprint density at radius 2 is 1.97 bits per heavy atom. The molecule has 0 radical (unpaired) electrons. The fraction of sp³-hybridized carbons (Fsp3) is 0.565. The number of nitrogens with one attached hydrogen (secondary N) is 1. The molecule has 8 heteroatoms. The number of benzene rings is 1. The molecule has 3 heterocycles. The van der Waals surface area contributed by atoms with E-state index in [2.05, 4.69) is 20.1 Å². The molecule has 2 aliphatic rings. The van der Waals surface area contributed by atoms with Crippen LogP contribution in [0.4, 0.5) is 11.6 Å². The fourth-order valence-corrected chi connectivity index (χ4v) is 5.32. The zero-order chi connectivity index (χ0) is 22.0. The Morgan fingerprint density at radius 3 is 2.71 bits per heavy atom. The lowest BCUT2D eigenvalue weighted by Gasteiger charge is -2.47. The predicted molar refractivity (Wildman–Crippen MR) is 127 cm³/mol. The van der Waals surface area contributed by atoms with Gasteiger partial charge >= 0.3 is 0 Å². The summed E-state index contributed by atoms with van der Waals surface area (Å²) in [5.74, 6) is 3.03. The average molecular weight is 464 g/mol. The maximum absolute atomic E-state index is 9.70. The maximum Gasteiger partial charge on any atom is 0.149 e. The standard InChI is InChI=1S/C23H31Cl2N5O/c1-15(31)11-29-7-3-4-17(12-29)18-13-30(14-18)23-10-26-9-22(28-23)27-16(2)20-6-5-19(24)8-21(20)25/h5-6,8-10,15-18,31H,3-4,7,11-14H2,1-2H3,(H,27,28). The molecule has 0 bridgehead atoms. The topological polar surface area (TPSA) is 64.5 Å². The molecule has 1 aromatic carbocycles. The molecule has 0 amide bonds. The normalized spacial score (nSPS) is 22.1. The predicted octanol–water partition coefficient (Wildman–Crippen LogP) is 4.49. The van der Waals surface area contributed by atoms with Gasteiger partial charge in [0, 0.05) is 36.2 Å². The van der Waals surface area contributed by atoms with E-state index in [9.17, 15) is 5.11 Å². The summed E-state index contributed by atoms with van der Waals surface area (Å²) in [7, 11) is 0. The molecule has 2 saturated heterocycles. The van der Waals surface area contributed by atoms with Crippen LogP contribution in [0.15, 0.2) is 30.6 Å². The number of likely N-dealkylation sites (tertiary alicyclic amines) is 1. The van der Waals surface area contributed by atoms with E-state index < -0.39 is 0 Å². The number of aliphatic hydroxyl groups excluding tert-OH is 1. The Bertz CT molecular complexity index is 890. The molecule has 2 aromatic rings. The van der Waals surface area contributed by atoms with Crippen molar-refractivity contribution in [1.29, 1.82) is 0 Å². The van der Waals surface area contributed by atoms with Crippen molar-refractivity contribution in [2.45, 2.75) is 38.8 Å². The van der Waals surface area contributed by atoms with Gasteiger partial charge in [0.15, 0.2) is 0 Å². The van der Waals surface area contributed by atoms with E-state index in [1.54, 1.807) is 12.3 Å². The van der Waals surface area contributed by atoms with Gasteiger partial charge in [-0.3, -0.25) is 4.98 Å². The molecule has 31 heavy (non-hydrogen) atoms. The molecule has 6 nitrogen and oxygen atoms in total. The van der Waals surface area contributed by atoms with Crippen LogP contribution in [0.1, 0.15) is 38.3 Å². The minimum Gasteiger partial charge on any atom is -0.392 e. The second kappa shape index (κ2) is 9.90. The summed E-state index contributed by atoms with van der Waals surface area (Å²) in [5.41, 5.74) is 0.973. The number of piperidine rings is 1. The highest BCUT2D eigenvalue weighted by atomic mass is 35.5. The van der Waals surface area contributed by atoms with E-state index in [1.165, 1.54) is 12.8 Å². The largest absolute Gasteiger partial charge is 0.392 e. The van der Waals surface area contributed by atoms with Crippen molar-refractivity contribution in [1.82, 2.24) is 14.9 Å². The van der Waals surface area contributed by atoms with Crippen LogP contribution >= 0.6 is 23.2 Å². The quantitative estimate of drug-likeness (QED) is 0.630. The molecule has 0 aliphatic carbocycles. The Balaban J connectivity index is 1.33. The number of halogens is 2. The third-order valence-corrected chi connectivity index (χ3v) is 6.94. The summed E-state index contributed by atoms with van der Waals surface area (Å²) in [5, 5.41) is 14.4. The summed E-state index contributed by atoms with van der Waals surface area (Å²) < 4.78 is 0. The van der Waals surface area contributed by atoms with E-state index in [-0.39, 0.29) is 12.1 Å². The molecule has 4 rings (SSSR count). The fourth-order valence-electron chi connectivity index (χ4n) is 4.74. The van der Waals surface area contributed by atoms with Crippen LogP contribution in [0.2, 0.25) is 10.0 Å². The van der Waals surface area contributed by atoms with Crippen LogP contribution in [0.3, 0.4) is 0 Å². The second-order valence-electron chi connectivity index (χ2n) is 8.97. The lowest BCUT2D eigenvalue weighted by Crippen LogP contribution is -2.54. The van der Waals surface area contributed by atoms with Gasteiger partial charge in [-0.05, 0) is 62.8 Å². The SMILES string of the molecule is CC(O)CN1CCCC(C2CN(c3cncc(NC(C)c4ccc(Cl)cc4Cl)n3)C2)C1. The van der Waals surface area contributed by atoms with Crippen molar-refractivity contribution in [3.8, 4) is 0 Å². The number of aliphatic hydroxyl groups is 1. The number of aromatic nitrogens is 2. The molecular weight excluding hydrogens is 433 g/mol. The molecule has 2 aliphatic heterocycles. The first-order valence-electron chi connectivity index (χ1n) is 11.1. The third kappa shape index (κ3) is 5.61. The van der Waals surface area contributed by atoms with Crippen molar-refractivity contribution in [3.05, 3.63) is 46.2 Å². The van der Waals surface area contributed by atoms with Gasteiger partial charge in [0.25, 0.3) is 0 Å². The first-order valence-corrected chi connectivity index (χ1v) is 11.8. The Hall–Kier alpha value is -1.60. The summed E-state index contributed by atoms with van der Waals surface area (Å²) in [6.45, 7) is 8.93. The first kappa shape index (κ1) is 22.6. The average Bonchev–Trinajstić information content (AvgIpc) is 2.67. The molecule has 2 N–H and O–H groups in total. The van der Waals surface area contributed by atoms with E-state index in [0.29, 0.717) is 21.9 Å². The van der Waals surface area contributed by atoms with E-state index in [0.717, 1.165) is 49.9 Å². The van der Waals surface area contributed by atoms with Crippen LogP contribution in [0.25, 0.3) is 0 Å². The number of β-amino-alcohol motifs (C(OH)–C–C–N with tert-alkyl or cyclic N) is 1. The summed E-state index contributed by atoms with van der Waals surface area (Å²) in [6.07, 6.45) is 5.82. The van der Waals surface area contributed by atoms with Crippen molar-refractivity contribution < 1.29 is 5.11 Å². The van der Waals surface area contributed by atoms with Gasteiger partial charge in [0.2, 0.25) is 0 Å². The van der Waals surface area contributed by atoms with E-state index in [4.69, 9.17) is 28.2 Å². The van der Waals surface area contributed by atoms with Gasteiger partial charge in [-0.2, -0.15) is 0 Å². The Labute approximate surface area is 194 Å². The molecule has 3 atom stereocenters. The summed E-state index contributed by atoms with van der Waals surface area (Å²) in [6, 6.07) is 5.52. The van der Waals surface area contributed by atoms with Gasteiger partial charge in [-0.1, -0.05) is 29.3 Å². The van der Waals surface area contributed by atoms with Crippen LogP contribution in [-0.2, 0) is 0 Å². The van der Waals surface area contributed by atoms with Crippen LogP contribution in [0.5, 0.6) is 0 Å². The summed E-state index contributed by atoms with van der Waals surface area (Å²) in [4.78, 5) is 13.9. The molecule has 2 fully saturated rings. The zero-order valence-electron chi connectivity index (χ0n) is 18.1. The number of rotatable bonds is 7. The summed E-state index contributed by atoms with van der Waals surface area (Å²) >= 11 is 12.4. The Kier molecular flexibility index (Phi) is 7.22. The number of anilines is 2. The molecular formula is C23H31Cl2N5O. The zero-order valence-corrected chi connectivity index (χ0v) is 19.6. The smallest absolute Gasteiger partial charge is 0.149 e. The van der Waals surface area contributed by atoms with Gasteiger partial charge in [-0.15, -0.1) is 0 Å². The minimum absolute atomic E-state index is 0.0133. The molecule has 1 aromatic heterocycles. The number of nitrogens with zero attached hydrogens (tertiary/aromatic N) is 4. The monoisotopic (exact) mass is 463 g/mol. The van der Waals surface area contributed by atoms with Crippen molar-refractivity contribution in [2.24, 2.45) is 11.8 Å². The molecule has 168 valence electrons. The van der Waals surface area contributed by atoms with Gasteiger partial charge in [0.1, 0.15) is 11.6 Å². The van der Waals surface area contributed by atoms with Gasteiger partial charge < -0.3 is 20.2 Å².